The minimum atomic E-state index is -4.31. The molecule has 0 aliphatic carbocycles. The summed E-state index contributed by atoms with van der Waals surface area (Å²) in [5.74, 6) is 0.673. The zero-order valence-electron chi connectivity index (χ0n) is 28.5. The van der Waals surface area contributed by atoms with Gasteiger partial charge in [-0.3, -0.25) is 0 Å². The molecule has 0 fully saturated rings. The fourth-order valence-electron chi connectivity index (χ4n) is 5.94. The van der Waals surface area contributed by atoms with Gasteiger partial charge in [-0.25, -0.2) is 0 Å². The molecule has 0 saturated carbocycles. The van der Waals surface area contributed by atoms with Crippen LogP contribution < -0.4 is 4.52 Å². The Labute approximate surface area is 256 Å². The normalized spacial score (nSPS) is 13.3. The molecule has 1 aromatic rings. The number of rotatable bonds is 26. The van der Waals surface area contributed by atoms with Gasteiger partial charge in [0.1, 0.15) is 0 Å². The second kappa shape index (κ2) is 21.1. The molecule has 0 saturated heterocycles. The topological polar surface area (TPSA) is 49.7 Å². The minimum absolute atomic E-state index is 0.125. The summed E-state index contributed by atoms with van der Waals surface area (Å²) in [4.78, 5) is 23.9. The van der Waals surface area contributed by atoms with E-state index in [1.165, 1.54) is 116 Å². The molecule has 0 aliphatic rings. The van der Waals surface area contributed by atoms with Crippen LogP contribution in [0.4, 0.5) is 0 Å². The van der Waals surface area contributed by atoms with Gasteiger partial charge in [0, 0.05) is 0 Å². The Morgan fingerprint density at radius 1 is 0.561 bits per heavy atom. The third kappa shape index (κ3) is 18.6. The van der Waals surface area contributed by atoms with Gasteiger partial charge in [0.05, 0.1) is 0 Å². The van der Waals surface area contributed by atoms with Crippen molar-refractivity contribution in [1.82, 2.24) is 0 Å². The van der Waals surface area contributed by atoms with E-state index in [2.05, 4.69) is 53.7 Å². The summed E-state index contributed by atoms with van der Waals surface area (Å²) in [7, 11) is -4.31. The van der Waals surface area contributed by atoms with Gasteiger partial charge in [-0.15, -0.1) is 0 Å². The molecule has 0 heterocycles. The van der Waals surface area contributed by atoms with Gasteiger partial charge < -0.3 is 0 Å². The molecule has 2 N–H and O–H groups in total. The van der Waals surface area contributed by atoms with Gasteiger partial charge in [0.2, 0.25) is 0 Å². The van der Waals surface area contributed by atoms with Crippen LogP contribution in [0.5, 0.6) is 5.75 Å². The third-order valence-corrected chi connectivity index (χ3v) is 11.7. The van der Waals surface area contributed by atoms with E-state index in [4.69, 9.17) is 4.52 Å². The molecule has 0 atom stereocenters. The van der Waals surface area contributed by atoms with Gasteiger partial charge in [0.25, 0.3) is 0 Å². The van der Waals surface area contributed by atoms with Crippen molar-refractivity contribution in [2.45, 2.75) is 188 Å². The predicted molar refractivity (Wildman–Crippen MR) is 185 cm³/mol. The van der Waals surface area contributed by atoms with E-state index in [-0.39, 0.29) is 5.41 Å². The van der Waals surface area contributed by atoms with E-state index >= 15 is 0 Å². The van der Waals surface area contributed by atoms with E-state index in [1.54, 1.807) is 0 Å². The van der Waals surface area contributed by atoms with E-state index in [0.717, 1.165) is 36.8 Å². The molecule has 0 aromatic heterocycles. The first kappa shape index (κ1) is 38.4. The molecule has 0 aliphatic heterocycles. The monoisotopic (exact) mass is 595 g/mol. The molecule has 242 valence electrons. The molecule has 0 radical (unpaired) electrons. The first-order valence-electron chi connectivity index (χ1n) is 17.8. The second-order valence-corrected chi connectivity index (χ2v) is 17.8. The first-order valence-corrected chi connectivity index (χ1v) is 20.3. The molecule has 41 heavy (non-hydrogen) atoms. The van der Waals surface area contributed by atoms with E-state index in [9.17, 15) is 9.79 Å². The SMILES string of the molecule is CCCCCCCCCCCCCP(O)(O)(CCCCCCCCCCCCC)Oc1cc(C)ccc1C(C)(C)C. The fraction of sp³-hybridized carbons (Fsp3) is 0.838. The van der Waals surface area contributed by atoms with Gasteiger partial charge >= 0.3 is 243 Å². The Morgan fingerprint density at radius 2 is 0.902 bits per heavy atom. The molecule has 0 spiro atoms. The Morgan fingerprint density at radius 3 is 1.24 bits per heavy atom. The summed E-state index contributed by atoms with van der Waals surface area (Å²) >= 11 is 0. The van der Waals surface area contributed by atoms with Crippen molar-refractivity contribution in [2.75, 3.05) is 12.3 Å². The molecule has 1 aromatic carbocycles. The van der Waals surface area contributed by atoms with Crippen LogP contribution in [0.1, 0.15) is 187 Å². The van der Waals surface area contributed by atoms with Gasteiger partial charge in [-0.2, -0.15) is 0 Å². The molecule has 0 amide bonds. The van der Waals surface area contributed by atoms with Crippen LogP contribution >= 0.6 is 7.28 Å². The standard InChI is InChI=1S/C37H71O3P/c1-7-9-11-13-15-17-19-21-23-25-27-31-41(38,39,32-28-26-24-22-20-18-16-14-12-10-8-2)40-36-33-34(3)29-30-35(36)37(4,5)6/h29-30,33,38-39H,7-28,31-32H2,1-6H3. The van der Waals surface area contributed by atoms with Gasteiger partial charge in [0.15, 0.2) is 0 Å². The first-order chi connectivity index (χ1) is 19.5. The number of benzene rings is 1. The summed E-state index contributed by atoms with van der Waals surface area (Å²) in [6.45, 7) is 13.1. The number of unbranched alkanes of at least 4 members (excludes halogenated alkanes) is 20. The Kier molecular flexibility index (Phi) is 19.8. The summed E-state index contributed by atoms with van der Waals surface area (Å²) in [6, 6.07) is 6.21. The maximum atomic E-state index is 12.0. The predicted octanol–water partition coefficient (Wildman–Crippen LogP) is 12.6. The molecule has 1 rings (SSSR count). The zero-order chi connectivity index (χ0) is 30.5. The maximum absolute atomic E-state index is 12.0. The van der Waals surface area contributed by atoms with Crippen LogP contribution in [0.25, 0.3) is 0 Å². The van der Waals surface area contributed by atoms with Gasteiger partial charge in [-0.1, -0.05) is 13.8 Å². The molecule has 0 bridgehead atoms. The van der Waals surface area contributed by atoms with Crippen LogP contribution in [-0.4, -0.2) is 22.1 Å². The zero-order valence-corrected chi connectivity index (χ0v) is 29.3. The average molecular weight is 595 g/mol. The molecular weight excluding hydrogens is 523 g/mol. The van der Waals surface area contributed by atoms with Crippen LogP contribution in [-0.2, 0) is 5.41 Å². The number of hydrogen-bond acceptors (Lipinski definition) is 3. The van der Waals surface area contributed by atoms with Crippen molar-refractivity contribution in [3.63, 3.8) is 0 Å². The number of aryl methyl sites for hydroxylation is 1. The summed E-state index contributed by atoms with van der Waals surface area (Å²) in [5, 5.41) is 0. The molecule has 4 heteroatoms. The Bertz CT molecular complexity index is 753. The molecular formula is C37H71O3P. The van der Waals surface area contributed by atoms with Crippen molar-refractivity contribution in [3.05, 3.63) is 29.3 Å². The van der Waals surface area contributed by atoms with Crippen LogP contribution in [0.2, 0.25) is 0 Å². The van der Waals surface area contributed by atoms with E-state index in [1.807, 2.05) is 6.07 Å². The Balaban J connectivity index is 2.62. The second-order valence-electron chi connectivity index (χ2n) is 14.2. The van der Waals surface area contributed by atoms with Crippen molar-refractivity contribution in [1.29, 1.82) is 0 Å². The van der Waals surface area contributed by atoms with E-state index < -0.39 is 7.28 Å². The van der Waals surface area contributed by atoms with Crippen molar-refractivity contribution >= 4 is 7.28 Å². The van der Waals surface area contributed by atoms with Crippen LogP contribution in [0.15, 0.2) is 18.2 Å². The quantitative estimate of drug-likeness (QED) is 0.0828. The summed E-state index contributed by atoms with van der Waals surface area (Å²) in [6.07, 6.45) is 28.3. The van der Waals surface area contributed by atoms with Crippen molar-refractivity contribution in [2.24, 2.45) is 0 Å². The summed E-state index contributed by atoms with van der Waals surface area (Å²) in [5.41, 5.74) is 2.02. The van der Waals surface area contributed by atoms with Crippen LogP contribution in [0, 0.1) is 6.92 Å². The fourth-order valence-corrected chi connectivity index (χ4v) is 8.67. The van der Waals surface area contributed by atoms with E-state index in [0.29, 0.717) is 18.1 Å². The Hall–Kier alpha value is -0.630. The molecule has 0 unspecified atom stereocenters. The van der Waals surface area contributed by atoms with Crippen molar-refractivity contribution in [3.8, 4) is 5.75 Å². The summed E-state index contributed by atoms with van der Waals surface area (Å²) < 4.78 is 6.45. The number of hydrogen-bond donors (Lipinski definition) is 2. The molecule has 3 nitrogen and oxygen atoms in total. The van der Waals surface area contributed by atoms with Gasteiger partial charge in [-0.05, 0) is 0 Å². The van der Waals surface area contributed by atoms with Crippen molar-refractivity contribution < 1.29 is 14.3 Å². The average Bonchev–Trinajstić information content (AvgIpc) is 2.89. The van der Waals surface area contributed by atoms with Crippen LogP contribution in [0.3, 0.4) is 0 Å². The third-order valence-electron chi connectivity index (χ3n) is 8.68.